The van der Waals surface area contributed by atoms with Gasteiger partial charge in [0, 0.05) is 48.2 Å². The van der Waals surface area contributed by atoms with Crippen molar-refractivity contribution in [2.75, 3.05) is 22.9 Å². The molecule has 0 saturated carbocycles. The molecule has 4 heterocycles. The maximum absolute atomic E-state index is 13.4. The number of carbonyl (C=O) groups excluding carboxylic acids is 4. The molecule has 6 rings (SSSR count). The molecule has 2 fully saturated rings. The summed E-state index contributed by atoms with van der Waals surface area (Å²) in [6, 6.07) is 14.8. The predicted molar refractivity (Wildman–Crippen MR) is 144 cm³/mol. The van der Waals surface area contributed by atoms with Crippen molar-refractivity contribution in [3.63, 3.8) is 0 Å². The molecule has 8 nitrogen and oxygen atoms in total. The number of nitrogens with zero attached hydrogens (tertiary/aromatic N) is 2. The van der Waals surface area contributed by atoms with Crippen LogP contribution >= 0.6 is 0 Å². The minimum absolute atomic E-state index is 0.168. The number of allylic oxidation sites excluding steroid dienone is 1. The first-order valence-corrected chi connectivity index (χ1v) is 13.1. The van der Waals surface area contributed by atoms with Crippen LogP contribution in [0.1, 0.15) is 43.2 Å². The molecule has 198 valence electrons. The number of amides is 2. The van der Waals surface area contributed by atoms with Crippen LogP contribution in [0.15, 0.2) is 85.0 Å². The van der Waals surface area contributed by atoms with Gasteiger partial charge in [-0.2, -0.15) is 0 Å². The molecule has 2 aromatic carbocycles. The normalized spacial score (nSPS) is 25.4. The van der Waals surface area contributed by atoms with Crippen LogP contribution in [0, 0.1) is 0 Å². The first-order valence-electron chi connectivity index (χ1n) is 13.1. The summed E-state index contributed by atoms with van der Waals surface area (Å²) in [4.78, 5) is 54.3. The Hall–Kier alpha value is -4.46. The fourth-order valence-corrected chi connectivity index (χ4v) is 6.05. The Labute approximate surface area is 226 Å². The van der Waals surface area contributed by atoms with Crippen LogP contribution in [0.25, 0.3) is 0 Å². The third-order valence-corrected chi connectivity index (χ3v) is 7.92. The lowest BCUT2D eigenvalue weighted by Gasteiger charge is -2.22. The molecule has 2 atom stereocenters. The first kappa shape index (κ1) is 24.9. The topological polar surface area (TPSA) is 93.2 Å². The monoisotopic (exact) mass is 524 g/mol. The van der Waals surface area contributed by atoms with E-state index in [2.05, 4.69) is 13.2 Å². The molecule has 0 N–H and O–H groups in total. The van der Waals surface area contributed by atoms with Gasteiger partial charge >= 0.3 is 11.9 Å². The highest BCUT2D eigenvalue weighted by atomic mass is 16.6. The minimum Gasteiger partial charge on any atom is -0.440 e. The van der Waals surface area contributed by atoms with Crippen molar-refractivity contribution in [1.82, 2.24) is 0 Å². The van der Waals surface area contributed by atoms with Gasteiger partial charge in [0.25, 0.3) is 11.8 Å². The van der Waals surface area contributed by atoms with E-state index in [1.165, 1.54) is 0 Å². The number of benzene rings is 2. The molecular formula is C31H28N2O6. The Morgan fingerprint density at radius 3 is 1.64 bits per heavy atom. The van der Waals surface area contributed by atoms with Gasteiger partial charge in [0.1, 0.15) is 0 Å². The van der Waals surface area contributed by atoms with Crippen molar-refractivity contribution in [2.45, 2.75) is 43.3 Å². The van der Waals surface area contributed by atoms with Gasteiger partial charge in [-0.3, -0.25) is 9.59 Å². The molecule has 2 saturated heterocycles. The zero-order valence-corrected chi connectivity index (χ0v) is 21.5. The van der Waals surface area contributed by atoms with Crippen LogP contribution in [-0.2, 0) is 39.9 Å². The summed E-state index contributed by atoms with van der Waals surface area (Å²) in [6.07, 6.45) is 6.47. The maximum Gasteiger partial charge on any atom is 0.335 e. The molecule has 2 unspecified atom stereocenters. The predicted octanol–water partition coefficient (Wildman–Crippen LogP) is 4.20. The van der Waals surface area contributed by atoms with Crippen LogP contribution in [0.5, 0.6) is 0 Å². The molecule has 2 amide bonds. The second-order valence-corrected chi connectivity index (χ2v) is 10.3. The molecule has 0 radical (unpaired) electrons. The van der Waals surface area contributed by atoms with Gasteiger partial charge in [0.05, 0.1) is 11.4 Å². The summed E-state index contributed by atoms with van der Waals surface area (Å²) >= 11 is 0. The largest absolute Gasteiger partial charge is 0.440 e. The Kier molecular flexibility index (Phi) is 5.79. The van der Waals surface area contributed by atoms with E-state index in [-0.39, 0.29) is 24.7 Å². The second kappa shape index (κ2) is 9.08. The van der Waals surface area contributed by atoms with E-state index in [0.29, 0.717) is 48.2 Å². The highest BCUT2D eigenvalue weighted by Gasteiger charge is 2.59. The molecule has 39 heavy (non-hydrogen) atoms. The number of rotatable bonds is 7. The van der Waals surface area contributed by atoms with Crippen molar-refractivity contribution < 1.29 is 28.7 Å². The number of esters is 2. The van der Waals surface area contributed by atoms with Crippen LogP contribution in [0.4, 0.5) is 11.4 Å². The molecule has 4 aliphatic heterocycles. The van der Waals surface area contributed by atoms with E-state index in [1.54, 1.807) is 9.80 Å². The van der Waals surface area contributed by atoms with Crippen LogP contribution in [0.3, 0.4) is 0 Å². The van der Waals surface area contributed by atoms with Gasteiger partial charge in [0.15, 0.2) is 0 Å². The number of ether oxygens (including phenoxy) is 2. The summed E-state index contributed by atoms with van der Waals surface area (Å²) in [6.45, 7) is 8.46. The molecule has 8 heteroatoms. The number of unbranched alkanes of at least 4 members (excludes halogenated alkanes) is 1. The fraction of sp³-hybridized carbons (Fsp3) is 0.290. The fourth-order valence-electron chi connectivity index (χ4n) is 6.05. The van der Waals surface area contributed by atoms with E-state index in [0.717, 1.165) is 17.8 Å². The highest BCUT2D eigenvalue weighted by Crippen LogP contribution is 2.51. The summed E-state index contributed by atoms with van der Waals surface area (Å²) in [7, 11) is 0. The number of hydrogen-bond acceptors (Lipinski definition) is 6. The standard InChI is InChI=1S/C31H28N2O6/c1-20-18-30(38-26(20)34)22-12-6-8-14-24(22)32(28(30)36)16-10-4-3-5-11-17-33-25-15-9-7-13-23(25)31(29(33)37)19-21(2)27(35)39-31/h3-4,6-9,12-15H,1-2,5,10-11,16-19H2/b4-3-. The summed E-state index contributed by atoms with van der Waals surface area (Å²) < 4.78 is 11.1. The Morgan fingerprint density at radius 1 is 0.692 bits per heavy atom. The van der Waals surface area contributed by atoms with Gasteiger partial charge in [-0.25, -0.2) is 9.59 Å². The Morgan fingerprint density at radius 2 is 1.15 bits per heavy atom. The first-order chi connectivity index (χ1) is 18.8. The third kappa shape index (κ3) is 3.66. The summed E-state index contributed by atoms with van der Waals surface area (Å²) in [5.41, 5.74) is 0.961. The average molecular weight is 525 g/mol. The quantitative estimate of drug-likeness (QED) is 0.233. The maximum atomic E-state index is 13.4. The van der Waals surface area contributed by atoms with Crippen LogP contribution in [-0.4, -0.2) is 36.8 Å². The molecular weight excluding hydrogens is 496 g/mol. The minimum atomic E-state index is -1.30. The summed E-state index contributed by atoms with van der Waals surface area (Å²) in [5, 5.41) is 0. The molecule has 0 aromatic heterocycles. The van der Waals surface area contributed by atoms with Gasteiger partial charge in [-0.15, -0.1) is 0 Å². The van der Waals surface area contributed by atoms with Crippen molar-refractivity contribution in [2.24, 2.45) is 0 Å². The lowest BCUT2D eigenvalue weighted by atomic mass is 9.91. The highest BCUT2D eigenvalue weighted by molar-refractivity contribution is 6.12. The number of hydrogen-bond donors (Lipinski definition) is 0. The zero-order valence-electron chi connectivity index (χ0n) is 21.5. The third-order valence-electron chi connectivity index (χ3n) is 7.92. The number of fused-ring (bicyclic) bond motifs is 4. The number of para-hydroxylation sites is 2. The van der Waals surface area contributed by atoms with Crippen molar-refractivity contribution >= 4 is 35.1 Å². The zero-order chi connectivity index (χ0) is 27.4. The van der Waals surface area contributed by atoms with Crippen molar-refractivity contribution in [1.29, 1.82) is 0 Å². The van der Waals surface area contributed by atoms with E-state index < -0.39 is 23.1 Å². The molecule has 0 aliphatic carbocycles. The van der Waals surface area contributed by atoms with E-state index in [1.807, 2.05) is 60.7 Å². The number of anilines is 2. The Bertz CT molecular complexity index is 1460. The van der Waals surface area contributed by atoms with E-state index in [9.17, 15) is 19.2 Å². The van der Waals surface area contributed by atoms with E-state index >= 15 is 0 Å². The van der Waals surface area contributed by atoms with Crippen molar-refractivity contribution in [3.05, 3.63) is 96.1 Å². The Balaban J connectivity index is 1.06. The molecule has 0 bridgehead atoms. The molecule has 2 aromatic rings. The van der Waals surface area contributed by atoms with Crippen LogP contribution in [0.2, 0.25) is 0 Å². The lowest BCUT2D eigenvalue weighted by Crippen LogP contribution is -2.40. The van der Waals surface area contributed by atoms with Gasteiger partial charge in [0.2, 0.25) is 11.2 Å². The van der Waals surface area contributed by atoms with E-state index in [4.69, 9.17) is 9.47 Å². The van der Waals surface area contributed by atoms with Crippen molar-refractivity contribution in [3.8, 4) is 0 Å². The molecule has 2 spiro atoms. The van der Waals surface area contributed by atoms with Gasteiger partial charge in [-0.05, 0) is 31.4 Å². The van der Waals surface area contributed by atoms with Gasteiger partial charge in [-0.1, -0.05) is 61.7 Å². The average Bonchev–Trinajstić information content (AvgIpc) is 3.56. The number of carbonyl (C=O) groups is 4. The summed E-state index contributed by atoms with van der Waals surface area (Å²) in [5.74, 6) is -1.51. The smallest absolute Gasteiger partial charge is 0.335 e. The SMILES string of the molecule is C=C1CC2(OC1=O)C(=O)N(CC/C=C\CCCN1C(=O)C3(CC(=C)C(=O)O3)c3ccccc31)c1ccccc12. The molecule has 4 aliphatic rings. The van der Waals surface area contributed by atoms with Gasteiger partial charge < -0.3 is 19.3 Å². The lowest BCUT2D eigenvalue weighted by molar-refractivity contribution is -0.156. The second-order valence-electron chi connectivity index (χ2n) is 10.3. The van der Waals surface area contributed by atoms with Crippen LogP contribution < -0.4 is 9.80 Å².